The summed E-state index contributed by atoms with van der Waals surface area (Å²) in [7, 11) is 0. The van der Waals surface area contributed by atoms with Gasteiger partial charge in [0.15, 0.2) is 0 Å². The molecule has 53 heavy (non-hydrogen) atoms. The molecule has 2 unspecified atom stereocenters. The van der Waals surface area contributed by atoms with Crippen LogP contribution in [0.3, 0.4) is 0 Å². The number of rotatable bonds is 4. The number of aromatic nitrogens is 2. The molecule has 0 radical (unpaired) electrons. The molecule has 0 fully saturated rings. The number of para-hydroxylation sites is 2. The second-order valence-electron chi connectivity index (χ2n) is 15.3. The third kappa shape index (κ3) is 4.60. The van der Waals surface area contributed by atoms with Gasteiger partial charge in [0.25, 0.3) is 0 Å². The molecule has 11 rings (SSSR count). The second-order valence-corrected chi connectivity index (χ2v) is 15.3. The number of fused-ring (bicyclic) bond motifs is 9. The molecule has 0 saturated carbocycles. The van der Waals surface area contributed by atoms with E-state index in [0.29, 0.717) is 5.92 Å². The van der Waals surface area contributed by atoms with E-state index in [1.54, 1.807) is 0 Å². The lowest BCUT2D eigenvalue weighted by Gasteiger charge is -2.30. The predicted molar refractivity (Wildman–Crippen MR) is 221 cm³/mol. The summed E-state index contributed by atoms with van der Waals surface area (Å²) in [6.45, 7) is 4.69. The van der Waals surface area contributed by atoms with Gasteiger partial charge in [-0.15, -0.1) is 0 Å². The van der Waals surface area contributed by atoms with Gasteiger partial charge < -0.3 is 13.6 Å². The van der Waals surface area contributed by atoms with Crippen molar-refractivity contribution in [2.24, 2.45) is 5.92 Å². The normalized spacial score (nSPS) is 18.0. The third-order valence-electron chi connectivity index (χ3n) is 11.9. The number of benzene rings is 6. The van der Waals surface area contributed by atoms with Crippen molar-refractivity contribution in [1.29, 1.82) is 0 Å². The maximum absolute atomic E-state index is 6.15. The van der Waals surface area contributed by atoms with Crippen molar-refractivity contribution >= 4 is 55.9 Å². The standard InChI is InChI=1S/C50H38N2O/c1-32-19-22-45-40(27-32)41-28-33(34-21-24-49-42(29-34)39-16-7-9-18-48(39)53-49)20-23-46(41)52(45)37-14-10-13-36(30-37)51-44-17-8-6-15-38(44)43-31-50(2,26-25-47(43)51)35-11-4-3-5-12-35/h3-26,28-30,32H,27,31H2,1-2H3. The largest absolute Gasteiger partial charge is 0.456 e. The van der Waals surface area contributed by atoms with E-state index < -0.39 is 0 Å². The molecular formula is C50H38N2O. The fourth-order valence-corrected chi connectivity index (χ4v) is 9.22. The molecule has 0 bridgehead atoms. The molecule has 3 heterocycles. The lowest BCUT2D eigenvalue weighted by molar-refractivity contribution is 0.588. The van der Waals surface area contributed by atoms with Gasteiger partial charge in [0.2, 0.25) is 0 Å². The molecule has 0 spiro atoms. The van der Waals surface area contributed by atoms with Crippen molar-refractivity contribution in [3.05, 3.63) is 180 Å². The number of nitrogens with zero attached hydrogens (tertiary/aromatic N) is 2. The zero-order valence-electron chi connectivity index (χ0n) is 29.9. The highest BCUT2D eigenvalue weighted by atomic mass is 16.3. The zero-order chi connectivity index (χ0) is 35.3. The fourth-order valence-electron chi connectivity index (χ4n) is 9.22. The van der Waals surface area contributed by atoms with Gasteiger partial charge in [0, 0.05) is 49.7 Å². The average Bonchev–Trinajstić information content (AvgIpc) is 3.85. The Hall–Kier alpha value is -6.32. The molecule has 0 N–H and O–H groups in total. The van der Waals surface area contributed by atoms with Crippen LogP contribution in [0.1, 0.15) is 41.9 Å². The predicted octanol–water partition coefficient (Wildman–Crippen LogP) is 12.9. The highest BCUT2D eigenvalue weighted by Gasteiger charge is 2.32. The van der Waals surface area contributed by atoms with Crippen molar-refractivity contribution in [2.75, 3.05) is 0 Å². The van der Waals surface area contributed by atoms with Crippen LogP contribution in [0.4, 0.5) is 0 Å². The number of furan rings is 1. The smallest absolute Gasteiger partial charge is 0.135 e. The first-order valence-corrected chi connectivity index (χ1v) is 18.8. The molecule has 3 nitrogen and oxygen atoms in total. The Balaban J connectivity index is 1.06. The number of hydrogen-bond acceptors (Lipinski definition) is 1. The van der Waals surface area contributed by atoms with Crippen LogP contribution in [0.5, 0.6) is 0 Å². The van der Waals surface area contributed by atoms with E-state index in [1.165, 1.54) is 72.4 Å². The van der Waals surface area contributed by atoms with Crippen LogP contribution in [-0.4, -0.2) is 9.13 Å². The van der Waals surface area contributed by atoms with E-state index in [1.807, 2.05) is 12.1 Å². The summed E-state index contributed by atoms with van der Waals surface area (Å²) < 4.78 is 11.1. The van der Waals surface area contributed by atoms with Gasteiger partial charge in [-0.2, -0.15) is 0 Å². The summed E-state index contributed by atoms with van der Waals surface area (Å²) in [4.78, 5) is 0. The summed E-state index contributed by atoms with van der Waals surface area (Å²) >= 11 is 0. The van der Waals surface area contributed by atoms with Crippen LogP contribution in [-0.2, 0) is 18.3 Å². The van der Waals surface area contributed by atoms with Gasteiger partial charge in [-0.05, 0) is 113 Å². The van der Waals surface area contributed by atoms with Crippen LogP contribution in [0.15, 0.2) is 156 Å². The molecule has 2 aliphatic carbocycles. The van der Waals surface area contributed by atoms with Crippen LogP contribution < -0.4 is 0 Å². The quantitative estimate of drug-likeness (QED) is 0.181. The first-order valence-electron chi connectivity index (χ1n) is 18.8. The molecule has 0 amide bonds. The fraction of sp³-hybridized carbons (Fsp3) is 0.120. The molecule has 2 atom stereocenters. The molecular weight excluding hydrogens is 645 g/mol. The minimum atomic E-state index is -0.0609. The van der Waals surface area contributed by atoms with Crippen molar-refractivity contribution in [3.8, 4) is 22.5 Å². The van der Waals surface area contributed by atoms with E-state index in [9.17, 15) is 0 Å². The summed E-state index contributed by atoms with van der Waals surface area (Å²) in [6, 6.07) is 50.9. The monoisotopic (exact) mass is 682 g/mol. The van der Waals surface area contributed by atoms with Gasteiger partial charge in [-0.25, -0.2) is 0 Å². The van der Waals surface area contributed by atoms with E-state index in [0.717, 1.165) is 34.8 Å². The maximum Gasteiger partial charge on any atom is 0.135 e. The lowest BCUT2D eigenvalue weighted by Crippen LogP contribution is -2.25. The highest BCUT2D eigenvalue weighted by Crippen LogP contribution is 2.43. The molecule has 0 aliphatic heterocycles. The van der Waals surface area contributed by atoms with E-state index in [-0.39, 0.29) is 5.41 Å². The van der Waals surface area contributed by atoms with Crippen LogP contribution in [0, 0.1) is 5.92 Å². The molecule has 3 aromatic heterocycles. The van der Waals surface area contributed by atoms with Gasteiger partial charge in [0.1, 0.15) is 11.2 Å². The topological polar surface area (TPSA) is 23.0 Å². The van der Waals surface area contributed by atoms with Gasteiger partial charge in [-0.3, -0.25) is 0 Å². The third-order valence-corrected chi connectivity index (χ3v) is 11.9. The Morgan fingerprint density at radius 2 is 1.23 bits per heavy atom. The number of hydrogen-bond donors (Lipinski definition) is 0. The average molecular weight is 683 g/mol. The van der Waals surface area contributed by atoms with Crippen molar-refractivity contribution in [2.45, 2.75) is 32.1 Å². The summed E-state index contributed by atoms with van der Waals surface area (Å²) in [6.07, 6.45) is 11.5. The molecule has 0 saturated heterocycles. The van der Waals surface area contributed by atoms with Crippen LogP contribution in [0.25, 0.3) is 78.4 Å². The van der Waals surface area contributed by atoms with E-state index >= 15 is 0 Å². The zero-order valence-corrected chi connectivity index (χ0v) is 29.9. The first kappa shape index (κ1) is 30.3. The Labute approximate surface area is 308 Å². The number of allylic oxidation sites excluding steroid dienone is 2. The van der Waals surface area contributed by atoms with Crippen LogP contribution >= 0.6 is 0 Å². The molecule has 3 heteroatoms. The van der Waals surface area contributed by atoms with Crippen molar-refractivity contribution < 1.29 is 4.42 Å². The maximum atomic E-state index is 6.15. The van der Waals surface area contributed by atoms with Crippen molar-refractivity contribution in [1.82, 2.24) is 9.13 Å². The van der Waals surface area contributed by atoms with Crippen molar-refractivity contribution in [3.63, 3.8) is 0 Å². The first-order chi connectivity index (χ1) is 26.0. The van der Waals surface area contributed by atoms with Gasteiger partial charge >= 0.3 is 0 Å². The molecule has 254 valence electrons. The van der Waals surface area contributed by atoms with Gasteiger partial charge in [-0.1, -0.05) is 111 Å². The SMILES string of the molecule is CC1C=Cc2c(c3cc(-c4ccc5oc6ccccc6c5c4)ccc3n2-c2cccc(-n3c4c(c5ccccc53)CC(C)(c3ccccc3)C=C4)c2)C1. The summed E-state index contributed by atoms with van der Waals surface area (Å²) in [5.41, 5.74) is 15.8. The minimum absolute atomic E-state index is 0.0609. The highest BCUT2D eigenvalue weighted by molar-refractivity contribution is 6.06. The second kappa shape index (κ2) is 11.3. The molecule has 6 aromatic carbocycles. The summed E-state index contributed by atoms with van der Waals surface area (Å²) in [5.74, 6) is 0.483. The molecule has 2 aliphatic rings. The van der Waals surface area contributed by atoms with Crippen LogP contribution in [0.2, 0.25) is 0 Å². The summed E-state index contributed by atoms with van der Waals surface area (Å²) in [5, 5.41) is 4.97. The Bertz CT molecular complexity index is 2980. The molecule has 9 aromatic rings. The Morgan fingerprint density at radius 1 is 0.566 bits per heavy atom. The van der Waals surface area contributed by atoms with E-state index in [2.05, 4.69) is 175 Å². The van der Waals surface area contributed by atoms with Gasteiger partial charge in [0.05, 0.1) is 11.0 Å². The lowest BCUT2D eigenvalue weighted by atomic mass is 9.74. The Kier molecular flexibility index (Phi) is 6.49. The Morgan fingerprint density at radius 3 is 2.06 bits per heavy atom. The minimum Gasteiger partial charge on any atom is -0.456 e. The van der Waals surface area contributed by atoms with E-state index in [4.69, 9.17) is 4.42 Å².